The van der Waals surface area contributed by atoms with Crippen LogP contribution in [0.4, 0.5) is 16.2 Å². The molecule has 0 saturated heterocycles. The maximum absolute atomic E-state index is 13.3. The largest absolute Gasteiger partial charge is 0.486 e. The first-order chi connectivity index (χ1) is 14.6. The second kappa shape index (κ2) is 8.83. The van der Waals surface area contributed by atoms with E-state index in [0.717, 1.165) is 19.3 Å². The number of para-hydroxylation sites is 1. The number of benzene rings is 2. The Bertz CT molecular complexity index is 944. The van der Waals surface area contributed by atoms with Gasteiger partial charge in [-0.3, -0.25) is 4.79 Å². The Morgan fingerprint density at radius 1 is 0.900 bits per heavy atom. The summed E-state index contributed by atoms with van der Waals surface area (Å²) in [6, 6.07) is 11.8. The van der Waals surface area contributed by atoms with Gasteiger partial charge in [-0.05, 0) is 37.1 Å². The Hall–Kier alpha value is -2.93. The van der Waals surface area contributed by atoms with Crippen LogP contribution in [0.3, 0.4) is 0 Å². The van der Waals surface area contributed by atoms with Gasteiger partial charge in [-0.2, -0.15) is 0 Å². The van der Waals surface area contributed by atoms with Crippen LogP contribution in [0.1, 0.15) is 32.1 Å². The van der Waals surface area contributed by atoms with Crippen LogP contribution in [0.5, 0.6) is 11.5 Å². The number of hydrogen-bond acceptors (Lipinski definition) is 4. The molecule has 0 spiro atoms. The number of urea groups is 1. The topological polar surface area (TPSA) is 88.7 Å². The number of carbonyl (C=O) groups excluding carboxylic acids is 2. The molecule has 1 aliphatic heterocycles. The lowest BCUT2D eigenvalue weighted by Gasteiger charge is -2.36. The molecule has 0 radical (unpaired) electrons. The molecular formula is C22H24ClN3O4. The lowest BCUT2D eigenvalue weighted by atomic mass is 9.81. The van der Waals surface area contributed by atoms with E-state index in [0.29, 0.717) is 54.0 Å². The Morgan fingerprint density at radius 2 is 1.63 bits per heavy atom. The molecule has 2 aromatic rings. The number of ether oxygens (including phenoxy) is 2. The average Bonchev–Trinajstić information content (AvgIpc) is 2.76. The zero-order chi connectivity index (χ0) is 21.0. The SMILES string of the molecule is O=C(Nc1ccccc1Cl)NC1(C(=O)Nc2ccc3c(c2)OCCO3)CCCCC1. The van der Waals surface area contributed by atoms with E-state index in [-0.39, 0.29) is 5.91 Å². The van der Waals surface area contributed by atoms with Gasteiger partial charge in [-0.25, -0.2) is 4.79 Å². The Labute approximate surface area is 180 Å². The van der Waals surface area contributed by atoms with Gasteiger partial charge in [0.15, 0.2) is 11.5 Å². The molecule has 0 atom stereocenters. The van der Waals surface area contributed by atoms with E-state index in [1.165, 1.54) is 0 Å². The molecular weight excluding hydrogens is 406 g/mol. The molecule has 0 aromatic heterocycles. The van der Waals surface area contributed by atoms with Gasteiger partial charge in [0.1, 0.15) is 18.8 Å². The van der Waals surface area contributed by atoms with Crippen LogP contribution in [0, 0.1) is 0 Å². The predicted octanol–water partition coefficient (Wildman–Crippen LogP) is 4.57. The van der Waals surface area contributed by atoms with Crippen LogP contribution in [0.2, 0.25) is 5.02 Å². The fourth-order valence-electron chi connectivity index (χ4n) is 3.87. The Kier molecular flexibility index (Phi) is 5.99. The molecule has 3 amide bonds. The van der Waals surface area contributed by atoms with Crippen LogP contribution in [-0.4, -0.2) is 30.7 Å². The van der Waals surface area contributed by atoms with E-state index in [2.05, 4.69) is 16.0 Å². The van der Waals surface area contributed by atoms with E-state index in [4.69, 9.17) is 21.1 Å². The zero-order valence-corrected chi connectivity index (χ0v) is 17.3. The fourth-order valence-corrected chi connectivity index (χ4v) is 4.05. The summed E-state index contributed by atoms with van der Waals surface area (Å²) >= 11 is 6.13. The molecule has 2 aliphatic rings. The van der Waals surface area contributed by atoms with Crippen LogP contribution in [-0.2, 0) is 4.79 Å². The summed E-state index contributed by atoms with van der Waals surface area (Å²) in [4.78, 5) is 25.9. The molecule has 30 heavy (non-hydrogen) atoms. The molecule has 0 unspecified atom stereocenters. The van der Waals surface area contributed by atoms with E-state index in [9.17, 15) is 9.59 Å². The van der Waals surface area contributed by atoms with Crippen molar-refractivity contribution in [2.24, 2.45) is 0 Å². The van der Waals surface area contributed by atoms with Crippen molar-refractivity contribution >= 4 is 34.9 Å². The number of rotatable bonds is 4. The first-order valence-electron chi connectivity index (χ1n) is 10.1. The van der Waals surface area contributed by atoms with Crippen molar-refractivity contribution in [3.8, 4) is 11.5 Å². The summed E-state index contributed by atoms with van der Waals surface area (Å²) in [5, 5.41) is 9.03. The van der Waals surface area contributed by atoms with Gasteiger partial charge in [-0.15, -0.1) is 0 Å². The van der Waals surface area contributed by atoms with Gasteiger partial charge < -0.3 is 25.4 Å². The number of hydrogen-bond donors (Lipinski definition) is 3. The highest BCUT2D eigenvalue weighted by molar-refractivity contribution is 6.33. The summed E-state index contributed by atoms with van der Waals surface area (Å²) in [5.41, 5.74) is 0.106. The van der Waals surface area contributed by atoms with Gasteiger partial charge >= 0.3 is 6.03 Å². The zero-order valence-electron chi connectivity index (χ0n) is 16.5. The van der Waals surface area contributed by atoms with Crippen molar-refractivity contribution in [3.05, 3.63) is 47.5 Å². The van der Waals surface area contributed by atoms with Gasteiger partial charge in [0, 0.05) is 11.8 Å². The molecule has 1 heterocycles. The fraction of sp³-hybridized carbons (Fsp3) is 0.364. The minimum Gasteiger partial charge on any atom is -0.486 e. The first kappa shape index (κ1) is 20.3. The molecule has 1 fully saturated rings. The Balaban J connectivity index is 1.49. The monoisotopic (exact) mass is 429 g/mol. The second-order valence-electron chi connectivity index (χ2n) is 7.51. The van der Waals surface area contributed by atoms with Crippen molar-refractivity contribution in [2.45, 2.75) is 37.6 Å². The third-order valence-electron chi connectivity index (χ3n) is 5.42. The smallest absolute Gasteiger partial charge is 0.320 e. The highest BCUT2D eigenvalue weighted by Crippen LogP contribution is 2.34. The molecule has 2 aromatic carbocycles. The average molecular weight is 430 g/mol. The van der Waals surface area contributed by atoms with Crippen molar-refractivity contribution in [3.63, 3.8) is 0 Å². The highest BCUT2D eigenvalue weighted by Gasteiger charge is 2.41. The van der Waals surface area contributed by atoms with Crippen molar-refractivity contribution in [2.75, 3.05) is 23.8 Å². The lowest BCUT2D eigenvalue weighted by molar-refractivity contribution is -0.123. The van der Waals surface area contributed by atoms with E-state index in [1.54, 1.807) is 42.5 Å². The number of anilines is 2. The summed E-state index contributed by atoms with van der Waals surface area (Å²) in [7, 11) is 0. The number of fused-ring (bicyclic) bond motifs is 1. The van der Waals surface area contributed by atoms with Crippen molar-refractivity contribution < 1.29 is 19.1 Å². The summed E-state index contributed by atoms with van der Waals surface area (Å²) in [6.45, 7) is 0.977. The highest BCUT2D eigenvalue weighted by atomic mass is 35.5. The van der Waals surface area contributed by atoms with Gasteiger partial charge in [0.05, 0.1) is 10.7 Å². The summed E-state index contributed by atoms with van der Waals surface area (Å²) in [5.74, 6) is 1.01. The van der Waals surface area contributed by atoms with Crippen LogP contribution >= 0.6 is 11.6 Å². The minimum absolute atomic E-state index is 0.242. The standard InChI is InChI=1S/C22H24ClN3O4/c23-16-6-2-3-7-17(16)25-21(28)26-22(10-4-1-5-11-22)20(27)24-15-8-9-18-19(14-15)30-13-12-29-18/h2-3,6-9,14H,1,4-5,10-13H2,(H,24,27)(H2,25,26,28). The third kappa shape index (κ3) is 4.46. The quantitative estimate of drug-likeness (QED) is 0.664. The normalized spacial score (nSPS) is 17.0. The van der Waals surface area contributed by atoms with Gasteiger partial charge in [0.2, 0.25) is 5.91 Å². The van der Waals surface area contributed by atoms with Crippen molar-refractivity contribution in [1.29, 1.82) is 0 Å². The molecule has 1 saturated carbocycles. The number of halogens is 1. The molecule has 158 valence electrons. The maximum atomic E-state index is 13.3. The first-order valence-corrected chi connectivity index (χ1v) is 10.5. The molecule has 1 aliphatic carbocycles. The Morgan fingerprint density at radius 3 is 2.40 bits per heavy atom. The minimum atomic E-state index is -0.989. The molecule has 4 rings (SSSR count). The van der Waals surface area contributed by atoms with Crippen LogP contribution in [0.15, 0.2) is 42.5 Å². The lowest BCUT2D eigenvalue weighted by Crippen LogP contribution is -2.58. The van der Waals surface area contributed by atoms with E-state index in [1.807, 2.05) is 0 Å². The third-order valence-corrected chi connectivity index (χ3v) is 5.75. The number of carbonyl (C=O) groups is 2. The van der Waals surface area contributed by atoms with Crippen molar-refractivity contribution in [1.82, 2.24) is 5.32 Å². The van der Waals surface area contributed by atoms with Crippen LogP contribution < -0.4 is 25.4 Å². The summed E-state index contributed by atoms with van der Waals surface area (Å²) in [6.07, 6.45) is 3.90. The van der Waals surface area contributed by atoms with E-state index >= 15 is 0 Å². The molecule has 7 nitrogen and oxygen atoms in total. The van der Waals surface area contributed by atoms with Crippen LogP contribution in [0.25, 0.3) is 0 Å². The number of nitrogens with one attached hydrogen (secondary N) is 3. The second-order valence-corrected chi connectivity index (χ2v) is 7.92. The van der Waals surface area contributed by atoms with Gasteiger partial charge in [0.25, 0.3) is 0 Å². The predicted molar refractivity (Wildman–Crippen MR) is 115 cm³/mol. The maximum Gasteiger partial charge on any atom is 0.320 e. The number of amides is 3. The molecule has 0 bridgehead atoms. The van der Waals surface area contributed by atoms with E-state index < -0.39 is 11.6 Å². The van der Waals surface area contributed by atoms with Gasteiger partial charge in [-0.1, -0.05) is 43.0 Å². The molecule has 3 N–H and O–H groups in total. The summed E-state index contributed by atoms with van der Waals surface area (Å²) < 4.78 is 11.1. The molecule has 8 heteroatoms.